The van der Waals surface area contributed by atoms with Crippen molar-refractivity contribution < 1.29 is 31.9 Å². The second-order valence-electron chi connectivity index (χ2n) is 11.0. The largest absolute Gasteiger partial charge is 0.417 e. The molecule has 0 N–H and O–H groups in total. The summed E-state index contributed by atoms with van der Waals surface area (Å²) in [6.45, 7) is 11.1. The van der Waals surface area contributed by atoms with Gasteiger partial charge in [-0.2, -0.15) is 18.4 Å². The third-order valence-corrected chi connectivity index (χ3v) is 12.6. The van der Waals surface area contributed by atoms with E-state index >= 15 is 0 Å². The first-order valence-corrected chi connectivity index (χ1v) is 14.3. The maximum Gasteiger partial charge on any atom is 0.417 e. The van der Waals surface area contributed by atoms with Crippen LogP contribution in [-0.2, 0) is 24.9 Å². The zero-order valence-corrected chi connectivity index (χ0v) is 21.0. The van der Waals surface area contributed by atoms with E-state index in [1.165, 1.54) is 12.1 Å². The molecule has 2 bridgehead atoms. The highest BCUT2D eigenvalue weighted by Gasteiger charge is 2.69. The van der Waals surface area contributed by atoms with E-state index < -0.39 is 61.0 Å². The number of rotatable bonds is 5. The quantitative estimate of drug-likeness (QED) is 0.424. The van der Waals surface area contributed by atoms with Crippen LogP contribution in [0.1, 0.15) is 51.2 Å². The molecule has 0 aliphatic carbocycles. The number of hydrogen-bond donors (Lipinski definition) is 0. The lowest BCUT2D eigenvalue weighted by Crippen LogP contribution is -2.45. The fourth-order valence-electron chi connectivity index (χ4n) is 5.20. The van der Waals surface area contributed by atoms with Crippen LogP contribution in [0.2, 0.25) is 18.1 Å². The maximum absolute atomic E-state index is 13.5. The summed E-state index contributed by atoms with van der Waals surface area (Å²) in [4.78, 5) is 27.6. The molecule has 0 saturated carbocycles. The van der Waals surface area contributed by atoms with Crippen LogP contribution < -0.4 is 4.90 Å². The first-order valence-electron chi connectivity index (χ1n) is 11.4. The van der Waals surface area contributed by atoms with E-state index in [-0.39, 0.29) is 10.7 Å². The first-order chi connectivity index (χ1) is 15.6. The number of nitrogens with zero attached hydrogens (tertiary/aromatic N) is 2. The molecule has 3 heterocycles. The van der Waals surface area contributed by atoms with Crippen molar-refractivity contribution in [1.29, 1.82) is 5.26 Å². The van der Waals surface area contributed by atoms with Gasteiger partial charge in [-0.15, -0.1) is 0 Å². The second kappa shape index (κ2) is 7.90. The van der Waals surface area contributed by atoms with Crippen molar-refractivity contribution in [2.24, 2.45) is 11.8 Å². The molecule has 1 aromatic rings. The van der Waals surface area contributed by atoms with Crippen molar-refractivity contribution in [2.75, 3.05) is 11.5 Å². The van der Waals surface area contributed by atoms with Crippen molar-refractivity contribution in [3.63, 3.8) is 0 Å². The Morgan fingerprint density at radius 3 is 2.50 bits per heavy atom. The minimum atomic E-state index is -4.78. The molecule has 3 aliphatic heterocycles. The van der Waals surface area contributed by atoms with Gasteiger partial charge >= 0.3 is 6.18 Å². The standard InChI is InChI=1S/C24H29F3N2O4Si/c1-22(2,3)34(4,5)32-11-10-23-9-8-17(33-23)18-19(23)21(31)29(20(18)30)15-7-6-14(13-28)16(12-15)24(25,26)27/h6-7,12,17-19H,8-11H2,1-5H3/t17-,18+,19-,23+/m0/s1. The smallest absolute Gasteiger partial charge is 0.417 e. The molecule has 3 saturated heterocycles. The number of carbonyl (C=O) groups is 2. The van der Waals surface area contributed by atoms with Crippen molar-refractivity contribution in [2.45, 2.75) is 76.0 Å². The molecule has 4 atom stereocenters. The Labute approximate surface area is 198 Å². The Morgan fingerprint density at radius 2 is 1.91 bits per heavy atom. The molecule has 0 radical (unpaired) electrons. The minimum Gasteiger partial charge on any atom is -0.417 e. The molecule has 3 fully saturated rings. The highest BCUT2D eigenvalue weighted by Crippen LogP contribution is 2.57. The summed E-state index contributed by atoms with van der Waals surface area (Å²) in [7, 11) is -2.02. The van der Waals surface area contributed by atoms with E-state index in [4.69, 9.17) is 14.4 Å². The number of imide groups is 1. The number of hydrogen-bond acceptors (Lipinski definition) is 5. The van der Waals surface area contributed by atoms with Gasteiger partial charge in [0, 0.05) is 6.61 Å². The van der Waals surface area contributed by atoms with Crippen LogP contribution in [0.25, 0.3) is 0 Å². The number of alkyl halides is 3. The number of halogens is 3. The number of fused-ring (bicyclic) bond motifs is 5. The molecule has 34 heavy (non-hydrogen) atoms. The Hall–Kier alpha value is -2.22. The number of ether oxygens (including phenoxy) is 1. The molecular weight excluding hydrogens is 465 g/mol. The average Bonchev–Trinajstić information content (AvgIpc) is 3.36. The van der Waals surface area contributed by atoms with Crippen LogP contribution in [0.3, 0.4) is 0 Å². The Balaban J connectivity index is 1.61. The first kappa shape index (κ1) is 24.9. The molecule has 0 spiro atoms. The van der Waals surface area contributed by atoms with Crippen LogP contribution in [0.4, 0.5) is 18.9 Å². The lowest BCUT2D eigenvalue weighted by Gasteiger charge is -2.38. The number of amides is 2. The van der Waals surface area contributed by atoms with Gasteiger partial charge in [-0.25, -0.2) is 4.90 Å². The van der Waals surface area contributed by atoms with Gasteiger partial charge in [0.25, 0.3) is 0 Å². The van der Waals surface area contributed by atoms with E-state index in [0.717, 1.165) is 11.0 Å². The lowest BCUT2D eigenvalue weighted by atomic mass is 9.71. The van der Waals surface area contributed by atoms with Crippen LogP contribution in [0.15, 0.2) is 18.2 Å². The highest BCUT2D eigenvalue weighted by molar-refractivity contribution is 6.74. The molecule has 0 aromatic heterocycles. The monoisotopic (exact) mass is 494 g/mol. The molecule has 0 unspecified atom stereocenters. The number of benzene rings is 1. The topological polar surface area (TPSA) is 79.6 Å². The summed E-state index contributed by atoms with van der Waals surface area (Å²) in [6.07, 6.45) is -3.54. The van der Waals surface area contributed by atoms with Crippen LogP contribution in [0, 0.1) is 23.2 Å². The van der Waals surface area contributed by atoms with Gasteiger partial charge in [0.2, 0.25) is 11.8 Å². The van der Waals surface area contributed by atoms with Crippen LogP contribution in [-0.4, -0.2) is 38.4 Å². The van der Waals surface area contributed by atoms with Crippen LogP contribution >= 0.6 is 0 Å². The van der Waals surface area contributed by atoms with Gasteiger partial charge in [-0.3, -0.25) is 9.59 Å². The summed E-state index contributed by atoms with van der Waals surface area (Å²) in [6, 6.07) is 4.46. The molecular formula is C24H29F3N2O4Si. The van der Waals surface area contributed by atoms with Crippen molar-refractivity contribution >= 4 is 25.8 Å². The van der Waals surface area contributed by atoms with Gasteiger partial charge in [-0.1, -0.05) is 20.8 Å². The summed E-state index contributed by atoms with van der Waals surface area (Å²) in [5, 5.41) is 9.07. The molecule has 2 amide bonds. The fourth-order valence-corrected chi connectivity index (χ4v) is 6.24. The predicted octanol–water partition coefficient (Wildman–Crippen LogP) is 5.03. The summed E-state index contributed by atoms with van der Waals surface area (Å²) >= 11 is 0. The number of carbonyl (C=O) groups excluding carboxylic acids is 2. The average molecular weight is 495 g/mol. The number of nitriles is 1. The third kappa shape index (κ3) is 3.78. The lowest BCUT2D eigenvalue weighted by molar-refractivity contribution is -0.138. The van der Waals surface area contributed by atoms with E-state index in [1.54, 1.807) is 0 Å². The summed E-state index contributed by atoms with van der Waals surface area (Å²) < 4.78 is 52.9. The molecule has 3 aliphatic rings. The van der Waals surface area contributed by atoms with E-state index in [1.807, 2.05) is 0 Å². The Morgan fingerprint density at radius 1 is 1.24 bits per heavy atom. The van der Waals surface area contributed by atoms with E-state index in [0.29, 0.717) is 31.9 Å². The zero-order chi connectivity index (χ0) is 25.3. The van der Waals surface area contributed by atoms with E-state index in [2.05, 4.69) is 33.9 Å². The molecule has 10 heteroatoms. The third-order valence-electron chi connectivity index (χ3n) is 8.04. The van der Waals surface area contributed by atoms with E-state index in [9.17, 15) is 22.8 Å². The molecule has 184 valence electrons. The normalized spacial score (nSPS) is 29.0. The SMILES string of the molecule is CC(C)(C)[Si](C)(C)OCC[C@@]12CC[C@H](O1)[C@H]1C(=O)N(c3ccc(C#N)c(C(F)(F)F)c3)C(=O)[C@H]12. The molecule has 6 nitrogen and oxygen atoms in total. The predicted molar refractivity (Wildman–Crippen MR) is 120 cm³/mol. The summed E-state index contributed by atoms with van der Waals surface area (Å²) in [5.41, 5.74) is -2.73. The van der Waals surface area contributed by atoms with Crippen molar-refractivity contribution in [3.05, 3.63) is 29.3 Å². The highest BCUT2D eigenvalue weighted by atomic mass is 28.4. The van der Waals surface area contributed by atoms with Gasteiger partial charge in [0.1, 0.15) is 0 Å². The fraction of sp³-hybridized carbons (Fsp3) is 0.625. The minimum absolute atomic E-state index is 0.0175. The zero-order valence-electron chi connectivity index (χ0n) is 20.0. The van der Waals surface area contributed by atoms with Gasteiger partial charge in [0.05, 0.1) is 46.4 Å². The van der Waals surface area contributed by atoms with Crippen molar-refractivity contribution in [3.8, 4) is 6.07 Å². The molecule has 4 rings (SSSR count). The number of anilines is 1. The van der Waals surface area contributed by atoms with Gasteiger partial charge in [0.15, 0.2) is 8.32 Å². The Kier molecular flexibility index (Phi) is 5.78. The van der Waals surface area contributed by atoms with Gasteiger partial charge in [-0.05, 0) is 55.6 Å². The van der Waals surface area contributed by atoms with Crippen LogP contribution in [0.5, 0.6) is 0 Å². The van der Waals surface area contributed by atoms with Gasteiger partial charge < -0.3 is 9.16 Å². The van der Waals surface area contributed by atoms with Crippen molar-refractivity contribution in [1.82, 2.24) is 0 Å². The molecule has 1 aromatic carbocycles. The Bertz CT molecular complexity index is 1080. The second-order valence-corrected chi connectivity index (χ2v) is 15.8. The maximum atomic E-state index is 13.5. The summed E-state index contributed by atoms with van der Waals surface area (Å²) in [5.74, 6) is -2.53.